The van der Waals surface area contributed by atoms with E-state index < -0.39 is 0 Å². The van der Waals surface area contributed by atoms with E-state index in [4.69, 9.17) is 0 Å². The first kappa shape index (κ1) is 13.1. The Morgan fingerprint density at radius 3 is 2.61 bits per heavy atom. The van der Waals surface area contributed by atoms with Crippen molar-refractivity contribution in [3.63, 3.8) is 0 Å². The van der Waals surface area contributed by atoms with E-state index in [1.165, 1.54) is 16.7 Å². The SMILES string of the molecule is Cc1ccc(N(C)C(=O)C2CCCN2)c(C)c1C. The van der Waals surface area contributed by atoms with Gasteiger partial charge in [-0.1, -0.05) is 6.07 Å². The molecule has 1 aromatic carbocycles. The highest BCUT2D eigenvalue weighted by Crippen LogP contribution is 2.25. The molecular weight excluding hydrogens is 224 g/mol. The Balaban J connectivity index is 2.25. The second kappa shape index (κ2) is 5.11. The van der Waals surface area contributed by atoms with Crippen molar-refractivity contribution in [2.45, 2.75) is 39.7 Å². The highest BCUT2D eigenvalue weighted by molar-refractivity contribution is 5.97. The minimum atomic E-state index is -0.00370. The zero-order chi connectivity index (χ0) is 13.3. The summed E-state index contributed by atoms with van der Waals surface area (Å²) >= 11 is 0. The van der Waals surface area contributed by atoms with Crippen LogP contribution in [0.15, 0.2) is 12.1 Å². The summed E-state index contributed by atoms with van der Waals surface area (Å²) in [5.41, 5.74) is 4.77. The van der Waals surface area contributed by atoms with Gasteiger partial charge >= 0.3 is 0 Å². The number of nitrogens with zero attached hydrogens (tertiary/aromatic N) is 1. The molecule has 1 aromatic rings. The monoisotopic (exact) mass is 246 g/mol. The van der Waals surface area contributed by atoms with Crippen LogP contribution in [-0.4, -0.2) is 25.5 Å². The predicted octanol–water partition coefficient (Wildman–Crippen LogP) is 2.33. The first-order valence-corrected chi connectivity index (χ1v) is 6.60. The quantitative estimate of drug-likeness (QED) is 0.868. The molecule has 1 N–H and O–H groups in total. The zero-order valence-corrected chi connectivity index (χ0v) is 11.7. The van der Waals surface area contributed by atoms with Crippen LogP contribution < -0.4 is 10.2 Å². The van der Waals surface area contributed by atoms with Crippen LogP contribution in [0.25, 0.3) is 0 Å². The lowest BCUT2D eigenvalue weighted by atomic mass is 10.0. The summed E-state index contributed by atoms with van der Waals surface area (Å²) in [7, 11) is 1.87. The van der Waals surface area contributed by atoms with Crippen LogP contribution in [0.3, 0.4) is 0 Å². The molecule has 1 heterocycles. The summed E-state index contributed by atoms with van der Waals surface area (Å²) in [6.45, 7) is 7.26. The predicted molar refractivity (Wildman–Crippen MR) is 75.1 cm³/mol. The number of carbonyl (C=O) groups excluding carboxylic acids is 1. The Morgan fingerprint density at radius 2 is 2.00 bits per heavy atom. The molecule has 1 atom stereocenters. The molecule has 1 fully saturated rings. The van der Waals surface area contributed by atoms with Gasteiger partial charge in [-0.3, -0.25) is 4.79 Å². The summed E-state index contributed by atoms with van der Waals surface area (Å²) in [4.78, 5) is 14.2. The average molecular weight is 246 g/mol. The van der Waals surface area contributed by atoms with Gasteiger partial charge in [-0.2, -0.15) is 0 Å². The van der Waals surface area contributed by atoms with Crippen LogP contribution in [0.4, 0.5) is 5.69 Å². The number of likely N-dealkylation sites (N-methyl/N-ethyl adjacent to an activating group) is 1. The normalized spacial score (nSPS) is 19.0. The van der Waals surface area contributed by atoms with Gasteiger partial charge in [-0.25, -0.2) is 0 Å². The topological polar surface area (TPSA) is 32.3 Å². The molecule has 0 spiro atoms. The Labute approximate surface area is 109 Å². The third-order valence-electron chi connectivity index (χ3n) is 4.08. The lowest BCUT2D eigenvalue weighted by Crippen LogP contribution is -2.42. The van der Waals surface area contributed by atoms with Crippen molar-refractivity contribution in [1.29, 1.82) is 0 Å². The molecule has 98 valence electrons. The molecule has 0 radical (unpaired) electrons. The number of rotatable bonds is 2. The Bertz CT molecular complexity index is 462. The molecule has 1 unspecified atom stereocenters. The average Bonchev–Trinajstić information content (AvgIpc) is 2.88. The van der Waals surface area contributed by atoms with E-state index in [1.54, 1.807) is 4.90 Å². The molecule has 3 heteroatoms. The second-order valence-electron chi connectivity index (χ2n) is 5.20. The Hall–Kier alpha value is -1.35. The Kier molecular flexibility index (Phi) is 3.71. The minimum Gasteiger partial charge on any atom is -0.314 e. The highest BCUT2D eigenvalue weighted by Gasteiger charge is 2.26. The van der Waals surface area contributed by atoms with Gasteiger partial charge in [0, 0.05) is 12.7 Å². The third kappa shape index (κ3) is 2.27. The first-order valence-electron chi connectivity index (χ1n) is 6.60. The zero-order valence-electron chi connectivity index (χ0n) is 11.7. The molecule has 0 saturated carbocycles. The van der Waals surface area contributed by atoms with Crippen LogP contribution in [0, 0.1) is 20.8 Å². The van der Waals surface area contributed by atoms with Gasteiger partial charge < -0.3 is 10.2 Å². The van der Waals surface area contributed by atoms with Crippen molar-refractivity contribution in [3.05, 3.63) is 28.8 Å². The maximum Gasteiger partial charge on any atom is 0.243 e. The van der Waals surface area contributed by atoms with Gasteiger partial charge in [0.25, 0.3) is 0 Å². The van der Waals surface area contributed by atoms with Crippen LogP contribution >= 0.6 is 0 Å². The van der Waals surface area contributed by atoms with E-state index in [0.717, 1.165) is 25.1 Å². The lowest BCUT2D eigenvalue weighted by Gasteiger charge is -2.24. The first-order chi connectivity index (χ1) is 8.52. The van der Waals surface area contributed by atoms with Crippen LogP contribution in [0.2, 0.25) is 0 Å². The number of carbonyl (C=O) groups is 1. The maximum atomic E-state index is 12.4. The third-order valence-corrected chi connectivity index (χ3v) is 4.08. The van der Waals surface area contributed by atoms with E-state index in [1.807, 2.05) is 13.1 Å². The minimum absolute atomic E-state index is 0.00370. The van der Waals surface area contributed by atoms with Crippen molar-refractivity contribution in [2.75, 3.05) is 18.5 Å². The molecule has 2 rings (SSSR count). The largest absolute Gasteiger partial charge is 0.314 e. The second-order valence-corrected chi connectivity index (χ2v) is 5.20. The molecule has 1 saturated heterocycles. The maximum absolute atomic E-state index is 12.4. The summed E-state index contributed by atoms with van der Waals surface area (Å²) in [5, 5.41) is 3.26. The van der Waals surface area contributed by atoms with Gasteiger partial charge in [-0.05, 0) is 62.9 Å². The molecule has 18 heavy (non-hydrogen) atoms. The van der Waals surface area contributed by atoms with E-state index in [0.29, 0.717) is 0 Å². The summed E-state index contributed by atoms with van der Waals surface area (Å²) in [6.07, 6.45) is 2.04. The number of benzene rings is 1. The number of aryl methyl sites for hydroxylation is 1. The summed E-state index contributed by atoms with van der Waals surface area (Å²) in [6, 6.07) is 4.13. The van der Waals surface area contributed by atoms with Crippen LogP contribution in [-0.2, 0) is 4.79 Å². The number of anilines is 1. The molecule has 0 bridgehead atoms. The number of amides is 1. The van der Waals surface area contributed by atoms with E-state index in [2.05, 4.69) is 32.2 Å². The van der Waals surface area contributed by atoms with Crippen molar-refractivity contribution < 1.29 is 4.79 Å². The van der Waals surface area contributed by atoms with Gasteiger partial charge in [0.2, 0.25) is 5.91 Å². The van der Waals surface area contributed by atoms with Gasteiger partial charge in [0.05, 0.1) is 6.04 Å². The van der Waals surface area contributed by atoms with Crippen molar-refractivity contribution in [2.24, 2.45) is 0 Å². The fraction of sp³-hybridized carbons (Fsp3) is 0.533. The van der Waals surface area contributed by atoms with E-state index in [-0.39, 0.29) is 11.9 Å². The number of nitrogens with one attached hydrogen (secondary N) is 1. The molecule has 1 aliphatic heterocycles. The molecular formula is C15H22N2O. The van der Waals surface area contributed by atoms with Gasteiger partial charge in [0.15, 0.2) is 0 Å². The number of hydrogen-bond acceptors (Lipinski definition) is 2. The van der Waals surface area contributed by atoms with Crippen molar-refractivity contribution >= 4 is 11.6 Å². The summed E-state index contributed by atoms with van der Waals surface area (Å²) in [5.74, 6) is 0.179. The Morgan fingerprint density at radius 1 is 1.28 bits per heavy atom. The van der Waals surface area contributed by atoms with Crippen molar-refractivity contribution in [3.8, 4) is 0 Å². The van der Waals surface area contributed by atoms with Gasteiger partial charge in [0.1, 0.15) is 0 Å². The highest BCUT2D eigenvalue weighted by atomic mass is 16.2. The number of hydrogen-bond donors (Lipinski definition) is 1. The molecule has 0 aromatic heterocycles. The summed E-state index contributed by atoms with van der Waals surface area (Å²) < 4.78 is 0. The lowest BCUT2D eigenvalue weighted by molar-refractivity contribution is -0.119. The van der Waals surface area contributed by atoms with E-state index >= 15 is 0 Å². The standard InChI is InChI=1S/C15H22N2O/c1-10-7-8-14(12(3)11(10)2)17(4)15(18)13-6-5-9-16-13/h7-8,13,16H,5-6,9H2,1-4H3. The fourth-order valence-corrected chi connectivity index (χ4v) is 2.55. The fourth-order valence-electron chi connectivity index (χ4n) is 2.55. The van der Waals surface area contributed by atoms with Crippen molar-refractivity contribution in [1.82, 2.24) is 5.32 Å². The molecule has 3 nitrogen and oxygen atoms in total. The molecule has 0 aliphatic carbocycles. The molecule has 1 aliphatic rings. The van der Waals surface area contributed by atoms with E-state index in [9.17, 15) is 4.79 Å². The van der Waals surface area contributed by atoms with Gasteiger partial charge in [-0.15, -0.1) is 0 Å². The molecule has 1 amide bonds. The van der Waals surface area contributed by atoms with Crippen LogP contribution in [0.1, 0.15) is 29.5 Å². The van der Waals surface area contributed by atoms with Crippen LogP contribution in [0.5, 0.6) is 0 Å². The smallest absolute Gasteiger partial charge is 0.243 e.